The van der Waals surface area contributed by atoms with Crippen LogP contribution in [-0.2, 0) is 4.74 Å². The van der Waals surface area contributed by atoms with E-state index in [9.17, 15) is 0 Å². The van der Waals surface area contributed by atoms with E-state index in [4.69, 9.17) is 4.74 Å². The van der Waals surface area contributed by atoms with E-state index in [2.05, 4.69) is 44.4 Å². The van der Waals surface area contributed by atoms with E-state index >= 15 is 0 Å². The Balaban J connectivity index is 1.66. The number of piperazine rings is 1. The number of methoxy groups -OCH3 is 1. The molecule has 0 aromatic rings. The first-order valence-electron chi connectivity index (χ1n) is 10.7. The molecule has 0 amide bonds. The summed E-state index contributed by atoms with van der Waals surface area (Å²) in [5.74, 6) is 0.881. The highest BCUT2D eigenvalue weighted by Crippen LogP contribution is 2.41. The summed E-state index contributed by atoms with van der Waals surface area (Å²) in [4.78, 5) is 5.37. The maximum Gasteiger partial charge on any atom is 0.0571 e. The SMILES string of the molecule is CO[C@H]1CC[C@H](C(C)(C)CCN2CCN(CCC(C)(C)C)CC2)CC1. The van der Waals surface area contributed by atoms with Crippen molar-refractivity contribution in [3.05, 3.63) is 0 Å². The van der Waals surface area contributed by atoms with Gasteiger partial charge in [0.05, 0.1) is 6.10 Å². The average Bonchev–Trinajstić information content (AvgIpc) is 2.58. The minimum absolute atomic E-state index is 0.461. The van der Waals surface area contributed by atoms with Gasteiger partial charge in [-0.3, -0.25) is 0 Å². The lowest BCUT2D eigenvalue weighted by Crippen LogP contribution is -2.48. The van der Waals surface area contributed by atoms with Crippen LogP contribution in [0.2, 0.25) is 0 Å². The molecule has 0 aromatic carbocycles. The molecule has 0 atom stereocenters. The predicted octanol–water partition coefficient (Wildman–Crippen LogP) is 4.66. The van der Waals surface area contributed by atoms with Gasteiger partial charge in [-0.25, -0.2) is 0 Å². The van der Waals surface area contributed by atoms with Gasteiger partial charge in [0.25, 0.3) is 0 Å². The van der Waals surface area contributed by atoms with E-state index in [1.54, 1.807) is 0 Å². The van der Waals surface area contributed by atoms with E-state index in [-0.39, 0.29) is 0 Å². The zero-order valence-corrected chi connectivity index (χ0v) is 17.9. The molecule has 2 aliphatic rings. The molecule has 0 radical (unpaired) electrons. The normalized spacial score (nSPS) is 27.6. The first-order chi connectivity index (χ1) is 11.7. The van der Waals surface area contributed by atoms with Gasteiger partial charge in [0, 0.05) is 33.3 Å². The summed E-state index contributed by atoms with van der Waals surface area (Å²) in [6.07, 6.45) is 8.40. The molecule has 148 valence electrons. The molecule has 1 aliphatic heterocycles. The lowest BCUT2D eigenvalue weighted by atomic mass is 9.69. The molecule has 3 nitrogen and oxygen atoms in total. The third-order valence-corrected chi connectivity index (χ3v) is 6.83. The molecule has 25 heavy (non-hydrogen) atoms. The van der Waals surface area contributed by atoms with Gasteiger partial charge in [-0.15, -0.1) is 0 Å². The van der Waals surface area contributed by atoms with Crippen molar-refractivity contribution in [2.24, 2.45) is 16.7 Å². The molecule has 3 heteroatoms. The number of ether oxygens (including phenoxy) is 1. The van der Waals surface area contributed by atoms with Crippen molar-refractivity contribution in [1.82, 2.24) is 9.80 Å². The molecular weight excluding hydrogens is 308 g/mol. The summed E-state index contributed by atoms with van der Waals surface area (Å²) in [5.41, 5.74) is 0.936. The first kappa shape index (κ1) is 21.2. The molecule has 1 saturated heterocycles. The molecule has 1 aliphatic carbocycles. The van der Waals surface area contributed by atoms with Crippen LogP contribution in [0.3, 0.4) is 0 Å². The van der Waals surface area contributed by atoms with Gasteiger partial charge in [0.1, 0.15) is 0 Å². The first-order valence-corrected chi connectivity index (χ1v) is 10.7. The second-order valence-electron chi connectivity index (χ2n) is 10.4. The van der Waals surface area contributed by atoms with Gasteiger partial charge in [0.15, 0.2) is 0 Å². The fraction of sp³-hybridized carbons (Fsp3) is 1.00. The number of hydrogen-bond acceptors (Lipinski definition) is 3. The van der Waals surface area contributed by atoms with Crippen molar-refractivity contribution < 1.29 is 4.74 Å². The molecular formula is C22H44N2O. The van der Waals surface area contributed by atoms with Gasteiger partial charge in [-0.2, -0.15) is 0 Å². The van der Waals surface area contributed by atoms with Gasteiger partial charge in [-0.05, 0) is 68.4 Å². The lowest BCUT2D eigenvalue weighted by molar-refractivity contribution is 0.0241. The van der Waals surface area contributed by atoms with E-state index in [1.165, 1.54) is 77.8 Å². The van der Waals surface area contributed by atoms with Crippen LogP contribution in [0.1, 0.15) is 73.1 Å². The Labute approximate surface area is 157 Å². The third-order valence-electron chi connectivity index (χ3n) is 6.83. The summed E-state index contributed by atoms with van der Waals surface area (Å²) in [7, 11) is 1.87. The van der Waals surface area contributed by atoms with Crippen molar-refractivity contribution in [1.29, 1.82) is 0 Å². The zero-order valence-electron chi connectivity index (χ0n) is 17.9. The van der Waals surface area contributed by atoms with Crippen LogP contribution in [0.4, 0.5) is 0 Å². The van der Waals surface area contributed by atoms with Crippen molar-refractivity contribution in [3.63, 3.8) is 0 Å². The minimum atomic E-state index is 0.461. The largest absolute Gasteiger partial charge is 0.381 e. The molecule has 1 heterocycles. The topological polar surface area (TPSA) is 15.7 Å². The molecule has 0 unspecified atom stereocenters. The second kappa shape index (κ2) is 9.19. The van der Waals surface area contributed by atoms with Crippen molar-refractivity contribution in [2.45, 2.75) is 79.2 Å². The van der Waals surface area contributed by atoms with Gasteiger partial charge >= 0.3 is 0 Å². The molecule has 2 rings (SSSR count). The summed E-state index contributed by atoms with van der Waals surface area (Å²) in [5, 5.41) is 0. The number of hydrogen-bond donors (Lipinski definition) is 0. The van der Waals surface area contributed by atoms with Crippen LogP contribution >= 0.6 is 0 Å². The van der Waals surface area contributed by atoms with E-state index in [1.807, 2.05) is 7.11 Å². The second-order valence-corrected chi connectivity index (χ2v) is 10.4. The van der Waals surface area contributed by atoms with Gasteiger partial charge < -0.3 is 14.5 Å². The number of nitrogens with zero attached hydrogens (tertiary/aromatic N) is 2. The smallest absolute Gasteiger partial charge is 0.0571 e. The number of rotatable bonds is 7. The van der Waals surface area contributed by atoms with Crippen LogP contribution < -0.4 is 0 Å². The highest BCUT2D eigenvalue weighted by atomic mass is 16.5. The van der Waals surface area contributed by atoms with Gasteiger partial charge in [0.2, 0.25) is 0 Å². The summed E-state index contributed by atoms with van der Waals surface area (Å²) in [6, 6.07) is 0. The van der Waals surface area contributed by atoms with Crippen molar-refractivity contribution in [3.8, 4) is 0 Å². The molecule has 1 saturated carbocycles. The van der Waals surface area contributed by atoms with Crippen LogP contribution in [0.15, 0.2) is 0 Å². The monoisotopic (exact) mass is 352 g/mol. The maximum absolute atomic E-state index is 5.55. The van der Waals surface area contributed by atoms with Crippen molar-refractivity contribution in [2.75, 3.05) is 46.4 Å². The van der Waals surface area contributed by atoms with E-state index in [0.717, 1.165) is 5.92 Å². The van der Waals surface area contributed by atoms with Crippen molar-refractivity contribution >= 4 is 0 Å². The van der Waals surface area contributed by atoms with Gasteiger partial charge in [-0.1, -0.05) is 34.6 Å². The molecule has 0 N–H and O–H groups in total. The maximum atomic E-state index is 5.55. The van der Waals surface area contributed by atoms with E-state index in [0.29, 0.717) is 16.9 Å². The van der Waals surface area contributed by atoms with Crippen LogP contribution in [0, 0.1) is 16.7 Å². The highest BCUT2D eigenvalue weighted by molar-refractivity contribution is 4.85. The fourth-order valence-electron chi connectivity index (χ4n) is 4.46. The Kier molecular flexibility index (Phi) is 7.79. The Morgan fingerprint density at radius 2 is 1.24 bits per heavy atom. The zero-order chi connectivity index (χ0) is 18.5. The third kappa shape index (κ3) is 7.19. The lowest BCUT2D eigenvalue weighted by Gasteiger charge is -2.41. The quantitative estimate of drug-likeness (QED) is 0.662. The molecule has 0 aromatic heterocycles. The Morgan fingerprint density at radius 1 is 0.760 bits per heavy atom. The molecule has 2 fully saturated rings. The predicted molar refractivity (Wildman–Crippen MR) is 108 cm³/mol. The Hall–Kier alpha value is -0.120. The Morgan fingerprint density at radius 3 is 1.68 bits per heavy atom. The minimum Gasteiger partial charge on any atom is -0.381 e. The summed E-state index contributed by atoms with van der Waals surface area (Å²) < 4.78 is 5.55. The van der Waals surface area contributed by atoms with Crippen LogP contribution in [0.25, 0.3) is 0 Å². The summed E-state index contributed by atoms with van der Waals surface area (Å²) >= 11 is 0. The Bertz CT molecular complexity index is 372. The fourth-order valence-corrected chi connectivity index (χ4v) is 4.46. The van der Waals surface area contributed by atoms with E-state index < -0.39 is 0 Å². The molecule has 0 spiro atoms. The average molecular weight is 353 g/mol. The standard InChI is InChI=1S/C22H44N2O/c1-21(2,3)11-13-23-15-17-24(18-16-23)14-12-22(4,5)19-7-9-20(25-6)10-8-19/h19-20H,7-18H2,1-6H3/t19-,20-. The highest BCUT2D eigenvalue weighted by Gasteiger charge is 2.33. The molecule has 0 bridgehead atoms. The van der Waals surface area contributed by atoms with Crippen LogP contribution in [-0.4, -0.2) is 62.3 Å². The summed E-state index contributed by atoms with van der Waals surface area (Å²) in [6.45, 7) is 19.7. The van der Waals surface area contributed by atoms with Crippen LogP contribution in [0.5, 0.6) is 0 Å².